The summed E-state index contributed by atoms with van der Waals surface area (Å²) in [6.07, 6.45) is 0.647. The molecular weight excluding hydrogens is 477 g/mol. The molecule has 2 aliphatic heterocycles. The summed E-state index contributed by atoms with van der Waals surface area (Å²) in [5.41, 5.74) is 3.58. The molecule has 0 saturated carbocycles. The van der Waals surface area contributed by atoms with Crippen LogP contribution in [0.15, 0.2) is 41.6 Å². The average Bonchev–Trinajstić information content (AvgIpc) is 3.17. The molecule has 0 aliphatic carbocycles. The number of aryl methyl sites for hydroxylation is 1. The largest absolute Gasteiger partial charge is 0.384 e. The Balaban J connectivity index is 1.45. The molecule has 2 aromatic carbocycles. The minimum Gasteiger partial charge on any atom is -0.384 e. The van der Waals surface area contributed by atoms with Crippen molar-refractivity contribution >= 4 is 46.6 Å². The number of imide groups is 1. The van der Waals surface area contributed by atoms with Crippen molar-refractivity contribution < 1.29 is 19.2 Å². The molecule has 1 saturated heterocycles. The van der Waals surface area contributed by atoms with Crippen LogP contribution in [0.3, 0.4) is 0 Å². The molecule has 4 rings (SSSR count). The van der Waals surface area contributed by atoms with E-state index in [9.17, 15) is 14.4 Å². The number of oxime groups is 1. The molecule has 2 aromatic rings. The highest BCUT2D eigenvalue weighted by molar-refractivity contribution is 6.34. The van der Waals surface area contributed by atoms with Gasteiger partial charge in [-0.2, -0.15) is 0 Å². The van der Waals surface area contributed by atoms with Crippen LogP contribution in [-0.2, 0) is 31.2 Å². The number of carbonyl (C=O) groups is 3. The minimum absolute atomic E-state index is 0.0736. The maximum Gasteiger partial charge on any atom is 0.248 e. The van der Waals surface area contributed by atoms with Gasteiger partial charge in [0.15, 0.2) is 5.60 Å². The van der Waals surface area contributed by atoms with Crippen LogP contribution in [0.5, 0.6) is 0 Å². The van der Waals surface area contributed by atoms with Gasteiger partial charge in [-0.15, -0.1) is 0 Å². The van der Waals surface area contributed by atoms with E-state index < -0.39 is 5.60 Å². The highest BCUT2D eigenvalue weighted by Gasteiger charge is 2.37. The van der Waals surface area contributed by atoms with Crippen LogP contribution in [0.25, 0.3) is 0 Å². The fourth-order valence-corrected chi connectivity index (χ4v) is 4.80. The van der Waals surface area contributed by atoms with Crippen LogP contribution in [0.4, 0.5) is 0 Å². The van der Waals surface area contributed by atoms with Gasteiger partial charge in [-0.3, -0.25) is 19.3 Å². The second-order valence-electron chi connectivity index (χ2n) is 8.79. The van der Waals surface area contributed by atoms with E-state index in [1.165, 1.54) is 9.80 Å². The number of likely N-dealkylation sites (N-methyl/N-ethyl adjacent to an activating group) is 1. The van der Waals surface area contributed by atoms with Gasteiger partial charge < -0.3 is 9.74 Å². The SMILES string of the molecule is CCN1C(=O)CN(C(=O)Cc2ccc(C3=NOC(C)(c4cc(Cl)cc(Cl)c4)C3)cc2C)CC1=O. The van der Waals surface area contributed by atoms with Crippen LogP contribution in [-0.4, -0.2) is 52.9 Å². The summed E-state index contributed by atoms with van der Waals surface area (Å²) in [7, 11) is 0. The molecule has 9 heteroatoms. The number of benzene rings is 2. The summed E-state index contributed by atoms with van der Waals surface area (Å²) >= 11 is 12.3. The summed E-state index contributed by atoms with van der Waals surface area (Å²) < 4.78 is 0. The zero-order valence-corrected chi connectivity index (χ0v) is 20.7. The number of nitrogens with zero attached hydrogens (tertiary/aromatic N) is 3. The van der Waals surface area contributed by atoms with Gasteiger partial charge in [-0.1, -0.05) is 40.5 Å². The Labute approximate surface area is 208 Å². The zero-order valence-electron chi connectivity index (χ0n) is 19.2. The van der Waals surface area contributed by atoms with Crippen molar-refractivity contribution in [2.75, 3.05) is 19.6 Å². The zero-order chi connectivity index (χ0) is 24.6. The standard InChI is InChI=1S/C25H25Cl2N3O4/c1-4-30-23(32)13-29(14-24(30)33)22(31)8-16-5-6-17(7-15(16)2)21-12-25(3,34-28-21)18-9-19(26)11-20(27)10-18/h5-7,9-11H,4,8,12-14H2,1-3H3. The number of hydrogen-bond donors (Lipinski definition) is 0. The number of carbonyl (C=O) groups excluding carboxylic acids is 3. The third-order valence-corrected chi connectivity index (χ3v) is 6.71. The Morgan fingerprint density at radius 1 is 1.09 bits per heavy atom. The third-order valence-electron chi connectivity index (χ3n) is 6.28. The number of hydrogen-bond acceptors (Lipinski definition) is 5. The van der Waals surface area contributed by atoms with Crippen molar-refractivity contribution in [1.82, 2.24) is 9.80 Å². The lowest BCUT2D eigenvalue weighted by molar-refractivity contribution is -0.156. The number of halogens is 2. The van der Waals surface area contributed by atoms with Crippen LogP contribution >= 0.6 is 23.2 Å². The van der Waals surface area contributed by atoms with Crippen molar-refractivity contribution in [3.63, 3.8) is 0 Å². The van der Waals surface area contributed by atoms with Gasteiger partial charge in [-0.05, 0) is 61.7 Å². The quantitative estimate of drug-likeness (QED) is 0.577. The first-order valence-corrected chi connectivity index (χ1v) is 11.8. The van der Waals surface area contributed by atoms with E-state index >= 15 is 0 Å². The Kier molecular flexibility index (Phi) is 6.69. The van der Waals surface area contributed by atoms with E-state index in [0.717, 1.165) is 28.0 Å². The molecule has 0 spiro atoms. The van der Waals surface area contributed by atoms with Crippen molar-refractivity contribution in [2.24, 2.45) is 5.16 Å². The van der Waals surface area contributed by atoms with Crippen molar-refractivity contribution in [2.45, 2.75) is 39.2 Å². The van der Waals surface area contributed by atoms with E-state index in [1.807, 2.05) is 44.2 Å². The molecule has 1 atom stereocenters. The number of piperazine rings is 1. The monoisotopic (exact) mass is 501 g/mol. The van der Waals surface area contributed by atoms with E-state index in [4.69, 9.17) is 28.0 Å². The van der Waals surface area contributed by atoms with Gasteiger partial charge >= 0.3 is 0 Å². The summed E-state index contributed by atoms with van der Waals surface area (Å²) in [6, 6.07) is 11.1. The van der Waals surface area contributed by atoms with Gasteiger partial charge in [0.05, 0.1) is 12.1 Å². The highest BCUT2D eigenvalue weighted by Crippen LogP contribution is 2.38. The lowest BCUT2D eigenvalue weighted by atomic mass is 9.88. The molecule has 0 radical (unpaired) electrons. The molecule has 0 N–H and O–H groups in total. The first kappa shape index (κ1) is 24.2. The maximum atomic E-state index is 12.8. The smallest absolute Gasteiger partial charge is 0.248 e. The Morgan fingerprint density at radius 3 is 2.32 bits per heavy atom. The fraction of sp³-hybridized carbons (Fsp3) is 0.360. The van der Waals surface area contributed by atoms with Gasteiger partial charge in [0.1, 0.15) is 13.1 Å². The second kappa shape index (κ2) is 9.39. The highest BCUT2D eigenvalue weighted by atomic mass is 35.5. The Morgan fingerprint density at radius 2 is 1.74 bits per heavy atom. The summed E-state index contributed by atoms with van der Waals surface area (Å²) in [6.45, 7) is 5.77. The lowest BCUT2D eigenvalue weighted by Crippen LogP contribution is -2.55. The predicted octanol–water partition coefficient (Wildman–Crippen LogP) is 4.10. The van der Waals surface area contributed by atoms with Crippen LogP contribution < -0.4 is 0 Å². The topological polar surface area (TPSA) is 79.3 Å². The van der Waals surface area contributed by atoms with Crippen molar-refractivity contribution in [3.05, 3.63) is 68.7 Å². The Hall–Kier alpha value is -2.90. The average molecular weight is 502 g/mol. The van der Waals surface area contributed by atoms with Gasteiger partial charge in [0.2, 0.25) is 17.7 Å². The predicted molar refractivity (Wildman–Crippen MR) is 130 cm³/mol. The van der Waals surface area contributed by atoms with Crippen LogP contribution in [0, 0.1) is 6.92 Å². The van der Waals surface area contributed by atoms with Crippen molar-refractivity contribution in [1.29, 1.82) is 0 Å². The Bertz CT molecular complexity index is 1170. The van der Waals surface area contributed by atoms with E-state index in [0.29, 0.717) is 23.0 Å². The number of amides is 3. The van der Waals surface area contributed by atoms with Gasteiger partial charge in [-0.25, -0.2) is 0 Å². The third kappa shape index (κ3) is 4.81. The van der Waals surface area contributed by atoms with Gasteiger partial charge in [0, 0.05) is 28.6 Å². The molecule has 178 valence electrons. The van der Waals surface area contributed by atoms with Gasteiger partial charge in [0.25, 0.3) is 0 Å². The van der Waals surface area contributed by atoms with Crippen molar-refractivity contribution in [3.8, 4) is 0 Å². The van der Waals surface area contributed by atoms with E-state index in [1.54, 1.807) is 13.0 Å². The maximum absolute atomic E-state index is 12.8. The first-order chi connectivity index (χ1) is 16.1. The molecule has 2 aliphatic rings. The molecule has 0 bridgehead atoms. The summed E-state index contributed by atoms with van der Waals surface area (Å²) in [5, 5.41) is 5.37. The number of rotatable bonds is 5. The second-order valence-corrected chi connectivity index (χ2v) is 9.67. The van der Waals surface area contributed by atoms with E-state index in [2.05, 4.69) is 5.16 Å². The molecule has 7 nitrogen and oxygen atoms in total. The molecule has 1 fully saturated rings. The van der Waals surface area contributed by atoms with Crippen LogP contribution in [0.1, 0.15) is 42.5 Å². The lowest BCUT2D eigenvalue weighted by Gasteiger charge is -2.32. The first-order valence-electron chi connectivity index (χ1n) is 11.0. The minimum atomic E-state index is -0.688. The molecule has 34 heavy (non-hydrogen) atoms. The normalized spacial score (nSPS) is 20.4. The van der Waals surface area contributed by atoms with E-state index in [-0.39, 0.29) is 37.2 Å². The molecule has 2 heterocycles. The summed E-state index contributed by atoms with van der Waals surface area (Å²) in [5.74, 6) is -0.940. The fourth-order valence-electron chi connectivity index (χ4n) is 4.28. The molecular formula is C25H25Cl2N3O4. The van der Waals surface area contributed by atoms with Crippen LogP contribution in [0.2, 0.25) is 10.0 Å². The molecule has 0 aromatic heterocycles. The summed E-state index contributed by atoms with van der Waals surface area (Å²) in [4.78, 5) is 45.3. The molecule has 3 amide bonds. The molecule has 1 unspecified atom stereocenters.